The van der Waals surface area contributed by atoms with Crippen LogP contribution in [0.1, 0.15) is 129 Å². The van der Waals surface area contributed by atoms with Crippen molar-refractivity contribution in [2.45, 2.75) is 136 Å². The van der Waals surface area contributed by atoms with Crippen LogP contribution in [0.5, 0.6) is 0 Å². The standard InChI is InChI=1S/C31H60NO7P/c1-3-5-7-8-9-10-11-12-13-14-15-16-17-18-19-20-21-22-23-26-36-28-30(39-31(33)24-6-4-2)29-38-40(34,35)37-27-25-32/h10-11,13-14,30H,3-9,12,15-29,32H2,1-2H3,(H,34,35)/b11-10-,14-13-. The first-order chi connectivity index (χ1) is 19.4. The maximum atomic E-state index is 12.0. The molecule has 40 heavy (non-hydrogen) atoms. The lowest BCUT2D eigenvalue weighted by Crippen LogP contribution is -2.28. The molecule has 0 saturated carbocycles. The van der Waals surface area contributed by atoms with E-state index in [9.17, 15) is 14.3 Å². The summed E-state index contributed by atoms with van der Waals surface area (Å²) in [5.41, 5.74) is 5.29. The first-order valence-corrected chi connectivity index (χ1v) is 17.3. The van der Waals surface area contributed by atoms with Gasteiger partial charge in [0.05, 0.1) is 19.8 Å². The van der Waals surface area contributed by atoms with E-state index in [0.29, 0.717) is 13.0 Å². The van der Waals surface area contributed by atoms with Crippen molar-refractivity contribution in [3.63, 3.8) is 0 Å². The summed E-state index contributed by atoms with van der Waals surface area (Å²) in [7, 11) is -4.24. The topological polar surface area (TPSA) is 117 Å². The fourth-order valence-electron chi connectivity index (χ4n) is 4.00. The Morgan fingerprint density at radius 1 is 0.750 bits per heavy atom. The predicted molar refractivity (Wildman–Crippen MR) is 164 cm³/mol. The van der Waals surface area contributed by atoms with Crippen molar-refractivity contribution in [2.24, 2.45) is 5.73 Å². The molecule has 9 heteroatoms. The van der Waals surface area contributed by atoms with Crippen LogP contribution in [0, 0.1) is 0 Å². The summed E-state index contributed by atoms with van der Waals surface area (Å²) in [6.07, 6.45) is 28.7. The van der Waals surface area contributed by atoms with Crippen LogP contribution in [0.25, 0.3) is 0 Å². The smallest absolute Gasteiger partial charge is 0.457 e. The third-order valence-electron chi connectivity index (χ3n) is 6.37. The molecule has 0 rings (SSSR count). The number of esters is 1. The minimum Gasteiger partial charge on any atom is -0.457 e. The summed E-state index contributed by atoms with van der Waals surface area (Å²) in [4.78, 5) is 21.7. The number of carbonyl (C=O) groups is 1. The third-order valence-corrected chi connectivity index (χ3v) is 7.36. The predicted octanol–water partition coefficient (Wildman–Crippen LogP) is 8.18. The maximum absolute atomic E-state index is 12.0. The van der Waals surface area contributed by atoms with Gasteiger partial charge in [-0.1, -0.05) is 102 Å². The van der Waals surface area contributed by atoms with Crippen LogP contribution in [0.2, 0.25) is 0 Å². The normalized spacial score (nSPS) is 14.2. The van der Waals surface area contributed by atoms with E-state index >= 15 is 0 Å². The Labute approximate surface area is 245 Å². The molecule has 0 aliphatic rings. The molecule has 0 aliphatic heterocycles. The van der Waals surface area contributed by atoms with E-state index in [1.54, 1.807) is 0 Å². The Balaban J connectivity index is 3.81. The fourth-order valence-corrected chi connectivity index (χ4v) is 4.77. The molecule has 236 valence electrons. The second-order valence-electron chi connectivity index (χ2n) is 10.3. The van der Waals surface area contributed by atoms with Gasteiger partial charge in [0.1, 0.15) is 6.10 Å². The van der Waals surface area contributed by atoms with Crippen LogP contribution >= 0.6 is 7.82 Å². The van der Waals surface area contributed by atoms with Crippen molar-refractivity contribution in [2.75, 3.05) is 33.0 Å². The highest BCUT2D eigenvalue weighted by Crippen LogP contribution is 2.43. The molecule has 0 spiro atoms. The number of carbonyl (C=O) groups excluding carboxylic acids is 1. The quantitative estimate of drug-likeness (QED) is 0.0373. The van der Waals surface area contributed by atoms with Crippen molar-refractivity contribution in [1.29, 1.82) is 0 Å². The third kappa shape index (κ3) is 28.5. The number of hydrogen-bond acceptors (Lipinski definition) is 7. The molecule has 0 aromatic rings. The van der Waals surface area contributed by atoms with Crippen LogP contribution in [0.4, 0.5) is 0 Å². The van der Waals surface area contributed by atoms with Crippen molar-refractivity contribution < 1.29 is 32.8 Å². The van der Waals surface area contributed by atoms with Gasteiger partial charge in [0.15, 0.2) is 0 Å². The van der Waals surface area contributed by atoms with E-state index in [0.717, 1.165) is 32.1 Å². The summed E-state index contributed by atoms with van der Waals surface area (Å²) in [5.74, 6) is -0.369. The minimum atomic E-state index is -4.24. The van der Waals surface area contributed by atoms with Crippen molar-refractivity contribution in [1.82, 2.24) is 0 Å². The maximum Gasteiger partial charge on any atom is 0.472 e. The summed E-state index contributed by atoms with van der Waals surface area (Å²) in [6, 6.07) is 0. The monoisotopic (exact) mass is 589 g/mol. The molecule has 0 bridgehead atoms. The number of ether oxygens (including phenoxy) is 2. The molecule has 8 nitrogen and oxygen atoms in total. The molecule has 0 aromatic heterocycles. The minimum absolute atomic E-state index is 0.0972. The van der Waals surface area contributed by atoms with Gasteiger partial charge < -0.3 is 20.1 Å². The highest BCUT2D eigenvalue weighted by atomic mass is 31.2. The zero-order valence-electron chi connectivity index (χ0n) is 25.6. The van der Waals surface area contributed by atoms with Gasteiger partial charge in [-0.25, -0.2) is 4.57 Å². The molecule has 0 amide bonds. The number of hydrogen-bond donors (Lipinski definition) is 2. The molecule has 3 N–H and O–H groups in total. The lowest BCUT2D eigenvalue weighted by molar-refractivity contribution is -0.154. The van der Waals surface area contributed by atoms with E-state index in [1.165, 1.54) is 77.0 Å². The molecule has 0 radical (unpaired) electrons. The Hall–Kier alpha value is -1.02. The van der Waals surface area contributed by atoms with E-state index in [4.69, 9.17) is 24.3 Å². The molecule has 2 unspecified atom stereocenters. The van der Waals surface area contributed by atoms with Gasteiger partial charge in [0.2, 0.25) is 0 Å². The zero-order valence-corrected chi connectivity index (χ0v) is 26.5. The molecule has 0 aliphatic carbocycles. The fraction of sp³-hybridized carbons (Fsp3) is 0.839. The van der Waals surface area contributed by atoms with E-state index < -0.39 is 13.9 Å². The first kappa shape index (κ1) is 39.0. The highest BCUT2D eigenvalue weighted by Gasteiger charge is 2.25. The van der Waals surface area contributed by atoms with Crippen LogP contribution in [-0.2, 0) is 27.9 Å². The average Bonchev–Trinajstić information content (AvgIpc) is 2.94. The molecule has 2 atom stereocenters. The van der Waals surface area contributed by atoms with Gasteiger partial charge in [-0.05, 0) is 44.9 Å². The zero-order chi connectivity index (χ0) is 29.6. The molecule has 0 fully saturated rings. The van der Waals surface area contributed by atoms with Crippen molar-refractivity contribution >= 4 is 13.8 Å². The average molecular weight is 590 g/mol. The van der Waals surface area contributed by atoms with Crippen LogP contribution < -0.4 is 5.73 Å². The summed E-state index contributed by atoms with van der Waals surface area (Å²) >= 11 is 0. The first-order valence-electron chi connectivity index (χ1n) is 15.8. The Morgan fingerprint density at radius 2 is 1.32 bits per heavy atom. The van der Waals surface area contributed by atoms with Gasteiger partial charge >= 0.3 is 13.8 Å². The SMILES string of the molecule is CCCCCC/C=C\C/C=C\CCCCCCCCCCOCC(COP(=O)(O)OCCN)OC(=O)CCCC. The summed E-state index contributed by atoms with van der Waals surface area (Å²) in [6.45, 7) is 4.62. The largest absolute Gasteiger partial charge is 0.472 e. The van der Waals surface area contributed by atoms with Gasteiger partial charge in [0.25, 0.3) is 0 Å². The highest BCUT2D eigenvalue weighted by molar-refractivity contribution is 7.47. The van der Waals surface area contributed by atoms with Crippen molar-refractivity contribution in [3.8, 4) is 0 Å². The molecule has 0 aromatic carbocycles. The Bertz CT molecular complexity index is 672. The van der Waals surface area contributed by atoms with Gasteiger partial charge in [-0.2, -0.15) is 0 Å². The number of phosphoric acid groups is 1. The van der Waals surface area contributed by atoms with Crippen LogP contribution in [-0.4, -0.2) is 49.9 Å². The number of unbranched alkanes of at least 4 members (excludes halogenated alkanes) is 13. The molecule has 0 saturated heterocycles. The molecular weight excluding hydrogens is 529 g/mol. The number of rotatable bonds is 30. The number of allylic oxidation sites excluding steroid dienone is 4. The van der Waals surface area contributed by atoms with Gasteiger partial charge in [0, 0.05) is 19.6 Å². The number of nitrogens with two attached hydrogens (primary N) is 1. The second-order valence-corrected chi connectivity index (χ2v) is 11.8. The van der Waals surface area contributed by atoms with E-state index in [-0.39, 0.29) is 32.3 Å². The van der Waals surface area contributed by atoms with Crippen molar-refractivity contribution in [3.05, 3.63) is 24.3 Å². The van der Waals surface area contributed by atoms with E-state index in [1.807, 2.05) is 6.92 Å². The Kier molecular flexibility index (Phi) is 28.7. The lowest BCUT2D eigenvalue weighted by Gasteiger charge is -2.20. The van der Waals surface area contributed by atoms with Gasteiger partial charge in [-0.15, -0.1) is 0 Å². The van der Waals surface area contributed by atoms with Crippen LogP contribution in [0.15, 0.2) is 24.3 Å². The van der Waals surface area contributed by atoms with Gasteiger partial charge in [-0.3, -0.25) is 13.8 Å². The lowest BCUT2D eigenvalue weighted by atomic mass is 10.1. The van der Waals surface area contributed by atoms with Crippen LogP contribution in [0.3, 0.4) is 0 Å². The molecule has 0 heterocycles. The Morgan fingerprint density at radius 3 is 1.93 bits per heavy atom. The molecular formula is C31H60NO7P. The summed E-state index contributed by atoms with van der Waals surface area (Å²) in [5, 5.41) is 0. The number of phosphoric ester groups is 1. The van der Waals surface area contributed by atoms with E-state index in [2.05, 4.69) is 31.2 Å². The second kappa shape index (κ2) is 29.5. The summed E-state index contributed by atoms with van der Waals surface area (Å²) < 4.78 is 32.6.